The Morgan fingerprint density at radius 3 is 2.67 bits per heavy atom. The summed E-state index contributed by atoms with van der Waals surface area (Å²) in [7, 11) is 0. The lowest BCUT2D eigenvalue weighted by molar-refractivity contribution is -0.110. The van der Waals surface area contributed by atoms with Gasteiger partial charge in [0.05, 0.1) is 0 Å². The second-order valence-corrected chi connectivity index (χ2v) is 3.54. The number of benzene rings is 1. The Kier molecular flexibility index (Phi) is 3.35. The van der Waals surface area contributed by atoms with Gasteiger partial charge in [0.15, 0.2) is 5.12 Å². The van der Waals surface area contributed by atoms with Crippen molar-refractivity contribution in [3.05, 3.63) is 35.4 Å². The third-order valence-electron chi connectivity index (χ3n) is 1.82. The zero-order chi connectivity index (χ0) is 8.97. The number of aryl methyl sites for hydroxylation is 1. The summed E-state index contributed by atoms with van der Waals surface area (Å²) in [5.41, 5.74) is 2.33. The van der Waals surface area contributed by atoms with Gasteiger partial charge in [-0.3, -0.25) is 4.79 Å². The fraction of sp³-hybridized carbons (Fsp3) is 0.300. The molecule has 0 saturated carbocycles. The molecule has 0 unspecified atom stereocenters. The maximum Gasteiger partial charge on any atom is 0.193 e. The number of rotatable bonds is 2. The summed E-state index contributed by atoms with van der Waals surface area (Å²) in [6.45, 7) is 2.03. The van der Waals surface area contributed by atoms with Crippen LogP contribution in [-0.2, 0) is 11.2 Å². The molecule has 0 aromatic heterocycles. The van der Waals surface area contributed by atoms with Crippen molar-refractivity contribution in [2.45, 2.75) is 13.3 Å². The molecule has 0 amide bonds. The van der Waals surface area contributed by atoms with Crippen LogP contribution in [0.3, 0.4) is 0 Å². The summed E-state index contributed by atoms with van der Waals surface area (Å²) in [5.74, 6) is 0. The van der Waals surface area contributed by atoms with Gasteiger partial charge in [-0.25, -0.2) is 0 Å². The van der Waals surface area contributed by atoms with Gasteiger partial charge < -0.3 is 0 Å². The number of carbonyl (C=O) groups is 1. The molecule has 1 aromatic carbocycles. The van der Waals surface area contributed by atoms with Crippen molar-refractivity contribution in [1.29, 1.82) is 0 Å². The summed E-state index contributed by atoms with van der Waals surface area (Å²) >= 11 is 1.29. The summed E-state index contributed by atoms with van der Waals surface area (Å²) in [4.78, 5) is 11.1. The minimum Gasteiger partial charge on any atom is -0.287 e. The molecule has 0 fully saturated rings. The Bertz CT molecular complexity index is 281. The van der Waals surface area contributed by atoms with Crippen LogP contribution in [0.25, 0.3) is 0 Å². The lowest BCUT2D eigenvalue weighted by Crippen LogP contribution is -1.98. The molecule has 0 aliphatic rings. The lowest BCUT2D eigenvalue weighted by Gasteiger charge is -2.01. The zero-order valence-electron chi connectivity index (χ0n) is 7.33. The quantitative estimate of drug-likeness (QED) is 0.695. The molecule has 12 heavy (non-hydrogen) atoms. The van der Waals surface area contributed by atoms with E-state index in [1.54, 1.807) is 0 Å². The van der Waals surface area contributed by atoms with E-state index < -0.39 is 0 Å². The van der Waals surface area contributed by atoms with Crippen LogP contribution in [0.2, 0.25) is 0 Å². The molecule has 1 aromatic rings. The highest BCUT2D eigenvalue weighted by molar-refractivity contribution is 8.13. The molecule has 0 heterocycles. The SMILES string of the molecule is CSC(=O)Cc1ccccc1C. The molecule has 0 radical (unpaired) electrons. The van der Waals surface area contributed by atoms with E-state index in [9.17, 15) is 4.79 Å². The van der Waals surface area contributed by atoms with Gasteiger partial charge in [-0.15, -0.1) is 0 Å². The Hall–Kier alpha value is -0.760. The number of thioether (sulfide) groups is 1. The molecule has 2 heteroatoms. The van der Waals surface area contributed by atoms with Crippen molar-refractivity contribution in [2.75, 3.05) is 6.26 Å². The topological polar surface area (TPSA) is 17.1 Å². The summed E-state index contributed by atoms with van der Waals surface area (Å²) in [5, 5.41) is 0.226. The fourth-order valence-corrected chi connectivity index (χ4v) is 1.34. The lowest BCUT2D eigenvalue weighted by atomic mass is 10.1. The van der Waals surface area contributed by atoms with Crippen molar-refractivity contribution < 1.29 is 4.79 Å². The van der Waals surface area contributed by atoms with Gasteiger partial charge in [-0.1, -0.05) is 36.0 Å². The van der Waals surface area contributed by atoms with E-state index in [0.29, 0.717) is 6.42 Å². The molecular weight excluding hydrogens is 168 g/mol. The first-order valence-electron chi connectivity index (χ1n) is 3.85. The third kappa shape index (κ3) is 2.38. The molecule has 0 bridgehead atoms. The Morgan fingerprint density at radius 2 is 2.08 bits per heavy atom. The molecule has 1 nitrogen and oxygen atoms in total. The smallest absolute Gasteiger partial charge is 0.193 e. The predicted octanol–water partition coefficient (Wildman–Crippen LogP) is 2.43. The van der Waals surface area contributed by atoms with E-state index in [-0.39, 0.29) is 5.12 Å². The Morgan fingerprint density at radius 1 is 1.42 bits per heavy atom. The first-order valence-corrected chi connectivity index (χ1v) is 5.08. The highest BCUT2D eigenvalue weighted by Gasteiger charge is 2.02. The first kappa shape index (κ1) is 9.33. The van der Waals surface area contributed by atoms with Crippen molar-refractivity contribution in [1.82, 2.24) is 0 Å². The summed E-state index contributed by atoms with van der Waals surface area (Å²) in [6.07, 6.45) is 2.37. The standard InChI is InChI=1S/C10H12OS/c1-8-5-3-4-6-9(8)7-10(11)12-2/h3-6H,7H2,1-2H3. The van der Waals surface area contributed by atoms with Gasteiger partial charge in [0.1, 0.15) is 0 Å². The van der Waals surface area contributed by atoms with Crippen LogP contribution in [0.5, 0.6) is 0 Å². The van der Waals surface area contributed by atoms with Gasteiger partial charge in [-0.2, -0.15) is 0 Å². The van der Waals surface area contributed by atoms with Crippen LogP contribution in [0.4, 0.5) is 0 Å². The molecule has 0 saturated heterocycles. The monoisotopic (exact) mass is 180 g/mol. The molecule has 0 spiro atoms. The zero-order valence-corrected chi connectivity index (χ0v) is 8.15. The minimum atomic E-state index is 0.226. The molecule has 0 N–H and O–H groups in total. The predicted molar refractivity (Wildman–Crippen MR) is 53.4 cm³/mol. The van der Waals surface area contributed by atoms with Gasteiger partial charge in [-0.05, 0) is 24.3 Å². The normalized spacial score (nSPS) is 9.83. The second-order valence-electron chi connectivity index (χ2n) is 2.68. The molecule has 0 atom stereocenters. The molecule has 1 rings (SSSR count). The highest BCUT2D eigenvalue weighted by atomic mass is 32.2. The van der Waals surface area contributed by atoms with Crippen molar-refractivity contribution in [3.63, 3.8) is 0 Å². The van der Waals surface area contributed by atoms with Crippen LogP contribution < -0.4 is 0 Å². The van der Waals surface area contributed by atoms with E-state index in [0.717, 1.165) is 5.56 Å². The maximum absolute atomic E-state index is 11.1. The summed E-state index contributed by atoms with van der Waals surface area (Å²) in [6, 6.07) is 7.99. The first-order chi connectivity index (χ1) is 5.74. The molecule has 0 aliphatic carbocycles. The fourth-order valence-electron chi connectivity index (χ4n) is 1.04. The molecule has 64 valence electrons. The van der Waals surface area contributed by atoms with E-state index in [2.05, 4.69) is 0 Å². The van der Waals surface area contributed by atoms with Crippen molar-refractivity contribution in [2.24, 2.45) is 0 Å². The van der Waals surface area contributed by atoms with Gasteiger partial charge in [0, 0.05) is 6.42 Å². The maximum atomic E-state index is 11.1. The van der Waals surface area contributed by atoms with Crippen molar-refractivity contribution in [3.8, 4) is 0 Å². The highest BCUT2D eigenvalue weighted by Crippen LogP contribution is 2.10. The van der Waals surface area contributed by atoms with Crippen LogP contribution in [0, 0.1) is 6.92 Å². The van der Waals surface area contributed by atoms with E-state index in [4.69, 9.17) is 0 Å². The number of hydrogen-bond donors (Lipinski definition) is 0. The largest absolute Gasteiger partial charge is 0.287 e. The average molecular weight is 180 g/mol. The van der Waals surface area contributed by atoms with E-state index in [1.807, 2.05) is 37.4 Å². The van der Waals surface area contributed by atoms with Crippen LogP contribution >= 0.6 is 11.8 Å². The Balaban J connectivity index is 2.75. The second kappa shape index (κ2) is 4.31. The average Bonchev–Trinajstić information content (AvgIpc) is 2.09. The van der Waals surface area contributed by atoms with Crippen LogP contribution in [0.1, 0.15) is 11.1 Å². The number of hydrogen-bond acceptors (Lipinski definition) is 2. The third-order valence-corrected chi connectivity index (χ3v) is 2.42. The Labute approximate surface area is 77.2 Å². The number of carbonyl (C=O) groups excluding carboxylic acids is 1. The van der Waals surface area contributed by atoms with E-state index in [1.165, 1.54) is 17.3 Å². The van der Waals surface area contributed by atoms with Crippen molar-refractivity contribution >= 4 is 16.9 Å². The molecular formula is C10H12OS. The molecule has 0 aliphatic heterocycles. The van der Waals surface area contributed by atoms with Gasteiger partial charge in [0.2, 0.25) is 0 Å². The van der Waals surface area contributed by atoms with Gasteiger partial charge in [0.25, 0.3) is 0 Å². The van der Waals surface area contributed by atoms with Gasteiger partial charge >= 0.3 is 0 Å². The van der Waals surface area contributed by atoms with Crippen LogP contribution in [-0.4, -0.2) is 11.4 Å². The van der Waals surface area contributed by atoms with Crippen LogP contribution in [0.15, 0.2) is 24.3 Å². The summed E-state index contributed by atoms with van der Waals surface area (Å²) < 4.78 is 0. The minimum absolute atomic E-state index is 0.226. The van der Waals surface area contributed by atoms with E-state index >= 15 is 0 Å².